The molecule has 1 aliphatic heterocycles. The van der Waals surface area contributed by atoms with Crippen molar-refractivity contribution in [3.05, 3.63) is 77.6 Å². The van der Waals surface area contributed by atoms with Crippen LogP contribution in [0, 0.1) is 0 Å². The number of H-pyrrole nitrogens is 1. The minimum absolute atomic E-state index is 0.118. The van der Waals surface area contributed by atoms with Gasteiger partial charge in [0, 0.05) is 44.4 Å². The quantitative estimate of drug-likeness (QED) is 0.202. The summed E-state index contributed by atoms with van der Waals surface area (Å²) in [5.41, 5.74) is 4.32. The summed E-state index contributed by atoms with van der Waals surface area (Å²) in [6, 6.07) is 17.6. The molecule has 0 bridgehead atoms. The Bertz CT molecular complexity index is 1690. The molecule has 1 amide bonds. The van der Waals surface area contributed by atoms with Gasteiger partial charge in [0.2, 0.25) is 0 Å². The molecular weight excluding hydrogens is 568 g/mol. The Balaban J connectivity index is 1.07. The van der Waals surface area contributed by atoms with Gasteiger partial charge in [0.25, 0.3) is 5.91 Å². The molecule has 2 aromatic carbocycles. The Morgan fingerprint density at radius 1 is 1.07 bits per heavy atom. The molecule has 0 saturated carbocycles. The van der Waals surface area contributed by atoms with E-state index in [4.69, 9.17) is 26.1 Å². The lowest BCUT2D eigenvalue weighted by Crippen LogP contribution is -2.38. The van der Waals surface area contributed by atoms with Crippen LogP contribution >= 0.6 is 11.6 Å². The second-order valence-electron chi connectivity index (χ2n) is 10.5. The van der Waals surface area contributed by atoms with Crippen molar-refractivity contribution in [1.29, 1.82) is 0 Å². The van der Waals surface area contributed by atoms with Crippen LogP contribution < -0.4 is 20.1 Å². The predicted molar refractivity (Wildman–Crippen MR) is 167 cm³/mol. The molecule has 6 rings (SSSR count). The van der Waals surface area contributed by atoms with E-state index >= 15 is 0 Å². The van der Waals surface area contributed by atoms with Crippen molar-refractivity contribution in [3.63, 3.8) is 0 Å². The number of hydrogen-bond acceptors (Lipinski definition) is 8. The van der Waals surface area contributed by atoms with E-state index in [1.807, 2.05) is 24.3 Å². The van der Waals surface area contributed by atoms with Crippen LogP contribution in [-0.4, -0.2) is 68.4 Å². The maximum atomic E-state index is 12.2. The molecule has 1 aliphatic rings. The molecule has 3 aromatic heterocycles. The van der Waals surface area contributed by atoms with Gasteiger partial charge >= 0.3 is 0 Å². The number of halogens is 1. The number of rotatable bonds is 10. The van der Waals surface area contributed by atoms with Gasteiger partial charge in [-0.1, -0.05) is 23.7 Å². The van der Waals surface area contributed by atoms with Crippen LogP contribution in [0.2, 0.25) is 5.02 Å². The number of ether oxygens (including phenoxy) is 2. The maximum absolute atomic E-state index is 12.2. The van der Waals surface area contributed by atoms with E-state index in [-0.39, 0.29) is 18.6 Å². The predicted octanol–water partition coefficient (Wildman–Crippen LogP) is 5.11. The van der Waals surface area contributed by atoms with Crippen LogP contribution in [0.4, 0.5) is 11.5 Å². The zero-order valence-electron chi connectivity index (χ0n) is 24.0. The molecule has 4 heterocycles. The zero-order valence-corrected chi connectivity index (χ0v) is 24.8. The Kier molecular flexibility index (Phi) is 8.43. The standard InChI is InChI=1S/C31H33ClN8O3/c1-39-26(11-14-34-39)36-27(41)19-43-24-9-5-21(6-10-24)30-37-29-28(25(32)17-33-31(29)38-30)35-22-12-15-40(16-13-22)18-20-3-7-23(42-2)8-4-20/h3-11,14,17,22H,12-13,15-16,18-19H2,1-2H3,(H,36,41)(H2,33,35,37,38). The van der Waals surface area contributed by atoms with Gasteiger partial charge in [0.1, 0.15) is 28.7 Å². The lowest BCUT2D eigenvalue weighted by Gasteiger charge is -2.33. The first-order valence-corrected chi connectivity index (χ1v) is 14.5. The number of piperidine rings is 1. The van der Waals surface area contributed by atoms with Crippen molar-refractivity contribution < 1.29 is 14.3 Å². The molecule has 0 unspecified atom stereocenters. The second-order valence-corrected chi connectivity index (χ2v) is 10.9. The molecule has 1 saturated heterocycles. The number of methoxy groups -OCH3 is 1. The molecule has 0 radical (unpaired) electrons. The first kappa shape index (κ1) is 28.5. The zero-order chi connectivity index (χ0) is 29.8. The number of pyridine rings is 1. The highest BCUT2D eigenvalue weighted by Gasteiger charge is 2.22. The van der Waals surface area contributed by atoms with Crippen molar-refractivity contribution in [3.8, 4) is 22.9 Å². The van der Waals surface area contributed by atoms with E-state index in [0.717, 1.165) is 55.0 Å². The summed E-state index contributed by atoms with van der Waals surface area (Å²) in [6.45, 7) is 2.78. The molecule has 0 atom stereocenters. The Morgan fingerprint density at radius 2 is 1.81 bits per heavy atom. The number of carbonyl (C=O) groups is 1. The largest absolute Gasteiger partial charge is 0.497 e. The Labute approximate surface area is 254 Å². The van der Waals surface area contributed by atoms with Gasteiger partial charge in [-0.3, -0.25) is 14.4 Å². The number of aromatic amines is 1. The van der Waals surface area contributed by atoms with Crippen molar-refractivity contribution >= 4 is 40.2 Å². The number of nitrogens with zero attached hydrogens (tertiary/aromatic N) is 5. The highest BCUT2D eigenvalue weighted by Crippen LogP contribution is 2.32. The van der Waals surface area contributed by atoms with Gasteiger partial charge in [-0.25, -0.2) is 9.97 Å². The number of fused-ring (bicyclic) bond motifs is 1. The van der Waals surface area contributed by atoms with Crippen molar-refractivity contribution in [2.45, 2.75) is 25.4 Å². The molecule has 1 fully saturated rings. The number of imidazole rings is 1. The summed E-state index contributed by atoms with van der Waals surface area (Å²) in [4.78, 5) is 27.2. The summed E-state index contributed by atoms with van der Waals surface area (Å²) in [5.74, 6) is 2.45. The molecule has 43 heavy (non-hydrogen) atoms. The highest BCUT2D eigenvalue weighted by molar-refractivity contribution is 6.34. The van der Waals surface area contributed by atoms with Crippen LogP contribution in [0.25, 0.3) is 22.6 Å². The number of nitrogens with one attached hydrogen (secondary N) is 3. The van der Waals surface area contributed by atoms with Gasteiger partial charge in [0.15, 0.2) is 12.3 Å². The smallest absolute Gasteiger partial charge is 0.263 e. The van der Waals surface area contributed by atoms with Crippen LogP contribution in [0.15, 0.2) is 67.0 Å². The lowest BCUT2D eigenvalue weighted by molar-refractivity contribution is -0.118. The van der Waals surface area contributed by atoms with E-state index in [9.17, 15) is 4.79 Å². The number of aromatic nitrogens is 5. The Morgan fingerprint density at radius 3 is 2.51 bits per heavy atom. The number of carbonyl (C=O) groups excluding carboxylic acids is 1. The molecule has 0 spiro atoms. The normalized spacial score (nSPS) is 14.1. The number of aryl methyl sites for hydroxylation is 1. The molecule has 222 valence electrons. The first-order valence-electron chi connectivity index (χ1n) is 14.1. The number of likely N-dealkylation sites (tertiary alicyclic amines) is 1. The third-order valence-electron chi connectivity index (χ3n) is 7.56. The van der Waals surface area contributed by atoms with E-state index in [1.54, 1.807) is 49.4 Å². The second kappa shape index (κ2) is 12.7. The topological polar surface area (TPSA) is 122 Å². The van der Waals surface area contributed by atoms with E-state index < -0.39 is 0 Å². The molecule has 0 aliphatic carbocycles. The first-order chi connectivity index (χ1) is 20.9. The summed E-state index contributed by atoms with van der Waals surface area (Å²) in [6.07, 6.45) is 5.26. The van der Waals surface area contributed by atoms with Gasteiger partial charge in [0.05, 0.1) is 30.2 Å². The van der Waals surface area contributed by atoms with Crippen LogP contribution in [0.3, 0.4) is 0 Å². The number of benzene rings is 2. The van der Waals surface area contributed by atoms with Crippen LogP contribution in [-0.2, 0) is 18.4 Å². The Hall–Kier alpha value is -4.61. The number of anilines is 2. The molecule has 11 nitrogen and oxygen atoms in total. The number of amides is 1. The fraction of sp³-hybridized carbons (Fsp3) is 0.290. The average Bonchev–Trinajstić information content (AvgIpc) is 3.65. The third-order valence-corrected chi connectivity index (χ3v) is 7.85. The van der Waals surface area contributed by atoms with Crippen LogP contribution in [0.5, 0.6) is 11.5 Å². The van der Waals surface area contributed by atoms with Crippen LogP contribution in [0.1, 0.15) is 18.4 Å². The molecule has 12 heteroatoms. The summed E-state index contributed by atoms with van der Waals surface area (Å²) >= 11 is 6.63. The SMILES string of the molecule is COc1ccc(CN2CCC(Nc3c(Cl)cnc4nc(-c5ccc(OCC(=O)Nc6ccnn6C)cc5)[nH]c34)CC2)cc1. The van der Waals surface area contributed by atoms with Gasteiger partial charge in [-0.15, -0.1) is 0 Å². The van der Waals surface area contributed by atoms with Crippen molar-refractivity contribution in [1.82, 2.24) is 29.6 Å². The maximum Gasteiger partial charge on any atom is 0.263 e. The monoisotopic (exact) mass is 600 g/mol. The lowest BCUT2D eigenvalue weighted by atomic mass is 10.0. The minimum Gasteiger partial charge on any atom is -0.497 e. The number of hydrogen-bond donors (Lipinski definition) is 3. The van der Waals surface area contributed by atoms with E-state index in [2.05, 4.69) is 42.7 Å². The van der Waals surface area contributed by atoms with Gasteiger partial charge < -0.3 is 25.1 Å². The van der Waals surface area contributed by atoms with Gasteiger partial charge in [-0.2, -0.15) is 5.10 Å². The fourth-order valence-corrected chi connectivity index (χ4v) is 5.37. The minimum atomic E-state index is -0.268. The van der Waals surface area contributed by atoms with E-state index in [0.29, 0.717) is 28.1 Å². The van der Waals surface area contributed by atoms with Crippen molar-refractivity contribution in [2.75, 3.05) is 37.4 Å². The van der Waals surface area contributed by atoms with Crippen molar-refractivity contribution in [2.24, 2.45) is 7.05 Å². The molecule has 3 N–H and O–H groups in total. The molecule has 5 aromatic rings. The summed E-state index contributed by atoms with van der Waals surface area (Å²) in [5, 5.41) is 11.0. The summed E-state index contributed by atoms with van der Waals surface area (Å²) in [7, 11) is 3.44. The fourth-order valence-electron chi connectivity index (χ4n) is 5.17. The van der Waals surface area contributed by atoms with E-state index in [1.165, 1.54) is 5.56 Å². The average molecular weight is 601 g/mol. The van der Waals surface area contributed by atoms with Gasteiger partial charge in [-0.05, 0) is 54.8 Å². The summed E-state index contributed by atoms with van der Waals surface area (Å²) < 4.78 is 12.5. The third kappa shape index (κ3) is 6.73. The molecular formula is C31H33ClN8O3. The highest BCUT2D eigenvalue weighted by atomic mass is 35.5.